The van der Waals surface area contributed by atoms with Crippen LogP contribution in [0.1, 0.15) is 32.3 Å². The molecular formula is C19H25FN2O4S. The second kappa shape index (κ2) is 9.21. The number of carbonyl (C=O) groups is 3. The molecule has 0 bridgehead atoms. The summed E-state index contributed by atoms with van der Waals surface area (Å²) in [5, 5.41) is 14.3. The van der Waals surface area contributed by atoms with Crippen LogP contribution in [-0.2, 0) is 20.8 Å². The SMILES string of the molecule is CCC(CC)(CNC(=O)C1CSC(Cc2ccccc2F)C(=O)N1)C(=O)O. The van der Waals surface area contributed by atoms with Crippen molar-refractivity contribution < 1.29 is 23.9 Å². The van der Waals surface area contributed by atoms with Crippen LogP contribution in [0.2, 0.25) is 0 Å². The summed E-state index contributed by atoms with van der Waals surface area (Å²) in [7, 11) is 0. The van der Waals surface area contributed by atoms with Crippen LogP contribution in [-0.4, -0.2) is 46.5 Å². The number of aliphatic carboxylic acids is 1. The van der Waals surface area contributed by atoms with Gasteiger partial charge in [0.2, 0.25) is 11.8 Å². The number of halogens is 1. The van der Waals surface area contributed by atoms with E-state index >= 15 is 0 Å². The van der Waals surface area contributed by atoms with Gasteiger partial charge in [0.15, 0.2) is 0 Å². The number of nitrogens with one attached hydrogen (secondary N) is 2. The van der Waals surface area contributed by atoms with Gasteiger partial charge in [0.25, 0.3) is 0 Å². The standard InChI is InChI=1S/C19H25FN2O4S/c1-3-19(4-2,18(25)26)11-21-16(23)14-10-27-15(17(24)22-14)9-12-7-5-6-8-13(12)20/h5-8,14-15H,3-4,9-11H2,1-2H3,(H,21,23)(H,22,24)(H,25,26). The second-order valence-electron chi connectivity index (χ2n) is 6.69. The molecule has 6 nitrogen and oxygen atoms in total. The van der Waals surface area contributed by atoms with Gasteiger partial charge in [-0.05, 0) is 30.9 Å². The van der Waals surface area contributed by atoms with Crippen LogP contribution in [0.3, 0.4) is 0 Å². The molecule has 0 spiro atoms. The number of carboxylic acids is 1. The number of benzene rings is 1. The fourth-order valence-corrected chi connectivity index (χ4v) is 4.18. The van der Waals surface area contributed by atoms with Crippen LogP contribution in [0.15, 0.2) is 24.3 Å². The molecule has 2 amide bonds. The Morgan fingerprint density at radius 1 is 1.33 bits per heavy atom. The first-order chi connectivity index (χ1) is 12.8. The molecule has 1 heterocycles. The fourth-order valence-electron chi connectivity index (χ4n) is 3.01. The number of carbonyl (C=O) groups excluding carboxylic acids is 2. The monoisotopic (exact) mass is 396 g/mol. The lowest BCUT2D eigenvalue weighted by Crippen LogP contribution is -2.56. The van der Waals surface area contributed by atoms with E-state index in [2.05, 4.69) is 10.6 Å². The van der Waals surface area contributed by atoms with E-state index in [-0.39, 0.29) is 24.7 Å². The molecule has 148 valence electrons. The van der Waals surface area contributed by atoms with E-state index in [0.717, 1.165) is 0 Å². The van der Waals surface area contributed by atoms with Crippen LogP contribution < -0.4 is 10.6 Å². The molecule has 0 radical (unpaired) electrons. The minimum atomic E-state index is -1.01. The third-order valence-corrected chi connectivity index (χ3v) is 6.47. The number of thioether (sulfide) groups is 1. The van der Waals surface area contributed by atoms with Crippen LogP contribution in [0.25, 0.3) is 0 Å². The Labute approximate surface area is 162 Å². The topological polar surface area (TPSA) is 95.5 Å². The van der Waals surface area contributed by atoms with Gasteiger partial charge >= 0.3 is 5.97 Å². The molecule has 2 rings (SSSR count). The Balaban J connectivity index is 1.91. The molecule has 2 atom stereocenters. The summed E-state index contributed by atoms with van der Waals surface area (Å²) in [4.78, 5) is 36.2. The zero-order valence-corrected chi connectivity index (χ0v) is 16.3. The molecule has 0 aliphatic carbocycles. The summed E-state index contributed by atoms with van der Waals surface area (Å²) < 4.78 is 13.8. The Bertz CT molecular complexity index is 709. The van der Waals surface area contributed by atoms with Gasteiger partial charge in [0, 0.05) is 12.3 Å². The summed E-state index contributed by atoms with van der Waals surface area (Å²) in [6.07, 6.45) is 1.05. The lowest BCUT2D eigenvalue weighted by Gasteiger charge is -2.31. The Hall–Kier alpha value is -2.09. The van der Waals surface area contributed by atoms with E-state index in [9.17, 15) is 23.9 Å². The summed E-state index contributed by atoms with van der Waals surface area (Å²) in [6, 6.07) is 5.59. The van der Waals surface area contributed by atoms with E-state index in [0.29, 0.717) is 24.2 Å². The van der Waals surface area contributed by atoms with E-state index in [1.54, 1.807) is 32.0 Å². The van der Waals surface area contributed by atoms with Gasteiger partial charge in [-0.3, -0.25) is 14.4 Å². The first-order valence-electron chi connectivity index (χ1n) is 8.99. The minimum absolute atomic E-state index is 0.0177. The molecule has 8 heteroatoms. The summed E-state index contributed by atoms with van der Waals surface area (Å²) in [5.74, 6) is -1.65. The number of hydrogen-bond donors (Lipinski definition) is 3. The number of amides is 2. The first kappa shape index (κ1) is 21.2. The predicted octanol–water partition coefficient (Wildman–Crippen LogP) is 1.98. The van der Waals surface area contributed by atoms with Crippen molar-refractivity contribution in [2.24, 2.45) is 5.41 Å². The lowest BCUT2D eigenvalue weighted by atomic mass is 9.82. The van der Waals surface area contributed by atoms with E-state index in [4.69, 9.17) is 0 Å². The van der Waals surface area contributed by atoms with Crippen molar-refractivity contribution in [3.63, 3.8) is 0 Å². The lowest BCUT2D eigenvalue weighted by molar-refractivity contribution is -0.149. The molecule has 3 N–H and O–H groups in total. The van der Waals surface area contributed by atoms with Gasteiger partial charge in [-0.25, -0.2) is 4.39 Å². The largest absolute Gasteiger partial charge is 0.481 e. The molecule has 1 fully saturated rings. The molecule has 1 aliphatic rings. The molecule has 0 saturated carbocycles. The smallest absolute Gasteiger partial charge is 0.311 e. The van der Waals surface area contributed by atoms with Crippen molar-refractivity contribution in [1.82, 2.24) is 10.6 Å². The Morgan fingerprint density at radius 2 is 2.00 bits per heavy atom. The molecule has 1 saturated heterocycles. The maximum absolute atomic E-state index is 13.8. The van der Waals surface area contributed by atoms with Crippen molar-refractivity contribution in [3.8, 4) is 0 Å². The van der Waals surface area contributed by atoms with Gasteiger partial charge in [0.1, 0.15) is 11.9 Å². The maximum Gasteiger partial charge on any atom is 0.311 e. The summed E-state index contributed by atoms with van der Waals surface area (Å²) >= 11 is 1.31. The van der Waals surface area contributed by atoms with Crippen LogP contribution >= 0.6 is 11.8 Å². The van der Waals surface area contributed by atoms with Gasteiger partial charge in [-0.15, -0.1) is 11.8 Å². The number of carboxylic acid groups (broad SMARTS) is 1. The van der Waals surface area contributed by atoms with Gasteiger partial charge in [0.05, 0.1) is 10.7 Å². The zero-order valence-electron chi connectivity index (χ0n) is 15.5. The minimum Gasteiger partial charge on any atom is -0.481 e. The van der Waals surface area contributed by atoms with Gasteiger partial charge in [-0.1, -0.05) is 32.0 Å². The quantitative estimate of drug-likeness (QED) is 0.625. The van der Waals surface area contributed by atoms with Crippen LogP contribution in [0.4, 0.5) is 4.39 Å². The van der Waals surface area contributed by atoms with E-state index in [1.807, 2.05) is 0 Å². The van der Waals surface area contributed by atoms with E-state index in [1.165, 1.54) is 17.8 Å². The van der Waals surface area contributed by atoms with Gasteiger partial charge < -0.3 is 15.7 Å². The number of rotatable bonds is 8. The van der Waals surface area contributed by atoms with Gasteiger partial charge in [-0.2, -0.15) is 0 Å². The molecule has 0 aromatic heterocycles. The molecule has 1 aliphatic heterocycles. The second-order valence-corrected chi connectivity index (χ2v) is 7.92. The highest BCUT2D eigenvalue weighted by Gasteiger charge is 2.37. The van der Waals surface area contributed by atoms with E-state index < -0.39 is 28.6 Å². The van der Waals surface area contributed by atoms with Crippen molar-refractivity contribution in [2.45, 2.75) is 44.4 Å². The fraction of sp³-hybridized carbons (Fsp3) is 0.526. The van der Waals surface area contributed by atoms with Crippen molar-refractivity contribution >= 4 is 29.5 Å². The molecule has 2 unspecified atom stereocenters. The third-order valence-electron chi connectivity index (χ3n) is 5.16. The zero-order chi connectivity index (χ0) is 20.0. The maximum atomic E-state index is 13.8. The summed E-state index contributed by atoms with van der Waals surface area (Å²) in [5.41, 5.74) is -0.542. The molecule has 1 aromatic carbocycles. The van der Waals surface area contributed by atoms with Crippen molar-refractivity contribution in [2.75, 3.05) is 12.3 Å². The third kappa shape index (κ3) is 5.00. The Kier molecular flexibility index (Phi) is 7.24. The molecular weight excluding hydrogens is 371 g/mol. The Morgan fingerprint density at radius 3 is 2.56 bits per heavy atom. The highest BCUT2D eigenvalue weighted by Crippen LogP contribution is 2.26. The highest BCUT2D eigenvalue weighted by atomic mass is 32.2. The first-order valence-corrected chi connectivity index (χ1v) is 10.0. The van der Waals surface area contributed by atoms with Crippen LogP contribution in [0, 0.1) is 11.2 Å². The molecule has 1 aromatic rings. The normalized spacial score (nSPS) is 20.0. The number of hydrogen-bond acceptors (Lipinski definition) is 4. The molecule has 27 heavy (non-hydrogen) atoms. The highest BCUT2D eigenvalue weighted by molar-refractivity contribution is 8.00. The summed E-state index contributed by atoms with van der Waals surface area (Å²) in [6.45, 7) is 3.56. The van der Waals surface area contributed by atoms with Crippen molar-refractivity contribution in [3.05, 3.63) is 35.6 Å². The van der Waals surface area contributed by atoms with Crippen molar-refractivity contribution in [1.29, 1.82) is 0 Å². The average molecular weight is 396 g/mol. The van der Waals surface area contributed by atoms with Crippen LogP contribution in [0.5, 0.6) is 0 Å². The average Bonchev–Trinajstić information content (AvgIpc) is 2.65. The predicted molar refractivity (Wildman–Crippen MR) is 102 cm³/mol.